The molecule has 2 aromatic carbocycles. The summed E-state index contributed by atoms with van der Waals surface area (Å²) in [6.07, 6.45) is 0. The van der Waals surface area contributed by atoms with Crippen molar-refractivity contribution >= 4 is 0 Å². The van der Waals surface area contributed by atoms with Gasteiger partial charge in [-0.2, -0.15) is 0 Å². The van der Waals surface area contributed by atoms with Gasteiger partial charge in [0.05, 0.1) is 0 Å². The molecule has 82 valence electrons. The number of hydrogen-bond acceptors (Lipinski definition) is 1. The molecule has 0 spiro atoms. The molecule has 0 saturated carbocycles. The minimum atomic E-state index is 0.321. The summed E-state index contributed by atoms with van der Waals surface area (Å²) in [7, 11) is 0. The van der Waals surface area contributed by atoms with Gasteiger partial charge in [0.15, 0.2) is 0 Å². The second-order valence-electron chi connectivity index (χ2n) is 4.32. The number of aryl methyl sites for hydroxylation is 3. The van der Waals surface area contributed by atoms with Crippen molar-refractivity contribution in [1.29, 1.82) is 0 Å². The van der Waals surface area contributed by atoms with Gasteiger partial charge < -0.3 is 5.11 Å². The molecule has 0 aliphatic carbocycles. The monoisotopic (exact) mass is 212 g/mol. The topological polar surface area (TPSA) is 20.2 Å². The molecule has 1 N–H and O–H groups in total. The molecule has 0 aliphatic heterocycles. The van der Waals surface area contributed by atoms with Crippen LogP contribution < -0.4 is 0 Å². The molecule has 1 heteroatoms. The van der Waals surface area contributed by atoms with Crippen LogP contribution in [0.1, 0.15) is 16.7 Å². The molecule has 0 amide bonds. The Hall–Kier alpha value is -1.76. The number of rotatable bonds is 1. The van der Waals surface area contributed by atoms with Crippen molar-refractivity contribution < 1.29 is 5.11 Å². The molecule has 0 bridgehead atoms. The quantitative estimate of drug-likeness (QED) is 0.758. The van der Waals surface area contributed by atoms with Crippen molar-refractivity contribution in [2.75, 3.05) is 0 Å². The highest BCUT2D eigenvalue weighted by atomic mass is 16.3. The van der Waals surface area contributed by atoms with Gasteiger partial charge in [0.2, 0.25) is 0 Å². The molecular weight excluding hydrogens is 196 g/mol. The molecular formula is C15H16O. The minimum absolute atomic E-state index is 0.321. The van der Waals surface area contributed by atoms with E-state index in [0.29, 0.717) is 5.75 Å². The average Bonchev–Trinajstić information content (AvgIpc) is 2.25. The normalized spacial score (nSPS) is 10.4. The van der Waals surface area contributed by atoms with Crippen LogP contribution >= 0.6 is 0 Å². The molecule has 16 heavy (non-hydrogen) atoms. The zero-order valence-corrected chi connectivity index (χ0v) is 9.91. The first-order chi connectivity index (χ1) is 7.58. The Kier molecular flexibility index (Phi) is 2.69. The molecule has 0 unspecified atom stereocenters. The minimum Gasteiger partial charge on any atom is -0.508 e. The van der Waals surface area contributed by atoms with E-state index in [1.165, 1.54) is 22.3 Å². The van der Waals surface area contributed by atoms with Crippen molar-refractivity contribution in [2.24, 2.45) is 0 Å². The Morgan fingerprint density at radius 1 is 0.750 bits per heavy atom. The molecule has 0 radical (unpaired) electrons. The van der Waals surface area contributed by atoms with Crippen LogP contribution in [0.3, 0.4) is 0 Å². The Balaban J connectivity index is 2.66. The summed E-state index contributed by atoms with van der Waals surface area (Å²) < 4.78 is 0. The maximum atomic E-state index is 9.56. The first kappa shape index (κ1) is 10.7. The lowest BCUT2D eigenvalue weighted by Gasteiger charge is -2.10. The highest BCUT2D eigenvalue weighted by Crippen LogP contribution is 2.30. The predicted molar refractivity (Wildman–Crippen MR) is 67.8 cm³/mol. The number of benzene rings is 2. The molecule has 0 aliphatic rings. The van der Waals surface area contributed by atoms with Gasteiger partial charge in [-0.25, -0.2) is 0 Å². The fourth-order valence-corrected chi connectivity index (χ4v) is 1.93. The van der Waals surface area contributed by atoms with Gasteiger partial charge in [0.25, 0.3) is 0 Å². The highest BCUT2D eigenvalue weighted by molar-refractivity contribution is 5.72. The van der Waals surface area contributed by atoms with Gasteiger partial charge in [0, 0.05) is 0 Å². The highest BCUT2D eigenvalue weighted by Gasteiger charge is 2.06. The van der Waals surface area contributed by atoms with Crippen molar-refractivity contribution in [1.82, 2.24) is 0 Å². The zero-order chi connectivity index (χ0) is 11.7. The van der Waals surface area contributed by atoms with Crippen LogP contribution in [-0.4, -0.2) is 5.11 Å². The Morgan fingerprint density at radius 2 is 1.31 bits per heavy atom. The first-order valence-corrected chi connectivity index (χ1v) is 5.45. The molecule has 0 saturated heterocycles. The van der Waals surface area contributed by atoms with Crippen LogP contribution in [0, 0.1) is 20.8 Å². The summed E-state index contributed by atoms with van der Waals surface area (Å²) in [6, 6.07) is 11.9. The predicted octanol–water partition coefficient (Wildman–Crippen LogP) is 3.98. The van der Waals surface area contributed by atoms with Crippen LogP contribution in [0.4, 0.5) is 0 Å². The molecule has 0 fully saturated rings. The van der Waals surface area contributed by atoms with E-state index in [1.54, 1.807) is 6.07 Å². The van der Waals surface area contributed by atoms with E-state index in [0.717, 1.165) is 5.56 Å². The van der Waals surface area contributed by atoms with Crippen LogP contribution in [0.25, 0.3) is 11.1 Å². The summed E-state index contributed by atoms with van der Waals surface area (Å²) in [5.74, 6) is 0.321. The van der Waals surface area contributed by atoms with Crippen molar-refractivity contribution in [3.63, 3.8) is 0 Å². The van der Waals surface area contributed by atoms with Crippen molar-refractivity contribution in [2.45, 2.75) is 20.8 Å². The van der Waals surface area contributed by atoms with Gasteiger partial charge in [-0.15, -0.1) is 0 Å². The fraction of sp³-hybridized carbons (Fsp3) is 0.200. The van der Waals surface area contributed by atoms with Crippen molar-refractivity contribution in [3.8, 4) is 16.9 Å². The van der Waals surface area contributed by atoms with E-state index in [4.69, 9.17) is 0 Å². The summed E-state index contributed by atoms with van der Waals surface area (Å²) in [4.78, 5) is 0. The van der Waals surface area contributed by atoms with E-state index in [9.17, 15) is 5.11 Å². The summed E-state index contributed by atoms with van der Waals surface area (Å²) in [5, 5.41) is 9.56. The second-order valence-corrected chi connectivity index (χ2v) is 4.32. The maximum absolute atomic E-state index is 9.56. The van der Waals surface area contributed by atoms with Crippen LogP contribution in [0.15, 0.2) is 36.4 Å². The largest absolute Gasteiger partial charge is 0.508 e. The Bertz CT molecular complexity index is 477. The molecule has 2 aromatic rings. The third-order valence-corrected chi connectivity index (χ3v) is 2.90. The lowest BCUT2D eigenvalue weighted by atomic mass is 9.95. The number of phenols is 1. The Morgan fingerprint density at radius 3 is 2.00 bits per heavy atom. The molecule has 1 nitrogen and oxygen atoms in total. The number of phenolic OH excluding ortho intramolecular Hbond substituents is 1. The van der Waals surface area contributed by atoms with E-state index in [1.807, 2.05) is 12.1 Å². The summed E-state index contributed by atoms with van der Waals surface area (Å²) in [6.45, 7) is 6.25. The maximum Gasteiger partial charge on any atom is 0.116 e. The third kappa shape index (κ3) is 1.94. The summed E-state index contributed by atoms with van der Waals surface area (Å²) >= 11 is 0. The van der Waals surface area contributed by atoms with Crippen LogP contribution in [0.2, 0.25) is 0 Å². The van der Waals surface area contributed by atoms with E-state index >= 15 is 0 Å². The second kappa shape index (κ2) is 4.01. The summed E-state index contributed by atoms with van der Waals surface area (Å²) in [5.41, 5.74) is 5.98. The third-order valence-electron chi connectivity index (χ3n) is 2.90. The lowest BCUT2D eigenvalue weighted by molar-refractivity contribution is 0.475. The van der Waals surface area contributed by atoms with E-state index in [2.05, 4.69) is 39.0 Å². The van der Waals surface area contributed by atoms with Gasteiger partial charge >= 0.3 is 0 Å². The smallest absolute Gasteiger partial charge is 0.116 e. The standard InChI is InChI=1S/C15H16O/c1-10-4-5-11(2)14(8-10)15-9-13(16)7-6-12(15)3/h4-9,16H,1-3H3. The average molecular weight is 212 g/mol. The van der Waals surface area contributed by atoms with Crippen LogP contribution in [-0.2, 0) is 0 Å². The number of hydrogen-bond donors (Lipinski definition) is 1. The Labute approximate surface area is 96.4 Å². The molecule has 0 aromatic heterocycles. The fourth-order valence-electron chi connectivity index (χ4n) is 1.93. The van der Waals surface area contributed by atoms with Gasteiger partial charge in [0.1, 0.15) is 5.75 Å². The van der Waals surface area contributed by atoms with Gasteiger partial charge in [-0.1, -0.05) is 29.8 Å². The molecule has 0 atom stereocenters. The van der Waals surface area contributed by atoms with E-state index < -0.39 is 0 Å². The van der Waals surface area contributed by atoms with Gasteiger partial charge in [-0.3, -0.25) is 0 Å². The first-order valence-electron chi connectivity index (χ1n) is 5.45. The van der Waals surface area contributed by atoms with E-state index in [-0.39, 0.29) is 0 Å². The molecule has 2 rings (SSSR count). The zero-order valence-electron chi connectivity index (χ0n) is 9.91. The SMILES string of the molecule is Cc1ccc(C)c(-c2cc(O)ccc2C)c1. The lowest BCUT2D eigenvalue weighted by Crippen LogP contribution is -1.88. The van der Waals surface area contributed by atoms with Crippen LogP contribution in [0.5, 0.6) is 5.75 Å². The number of aromatic hydroxyl groups is 1. The van der Waals surface area contributed by atoms with Crippen molar-refractivity contribution in [3.05, 3.63) is 53.1 Å². The molecule has 0 heterocycles. The van der Waals surface area contributed by atoms with Gasteiger partial charge in [-0.05, 0) is 55.2 Å².